The van der Waals surface area contributed by atoms with E-state index in [2.05, 4.69) is 15.5 Å². The van der Waals surface area contributed by atoms with Crippen molar-refractivity contribution in [2.45, 2.75) is 6.92 Å². The lowest BCUT2D eigenvalue weighted by molar-refractivity contribution is 0.102. The van der Waals surface area contributed by atoms with E-state index in [4.69, 9.17) is 9.15 Å². The molecule has 0 aliphatic carbocycles. The Hall–Kier alpha value is -2.71. The molecule has 0 fully saturated rings. The summed E-state index contributed by atoms with van der Waals surface area (Å²) < 4.78 is 11.2. The Balaban J connectivity index is 1.64. The van der Waals surface area contributed by atoms with E-state index in [0.29, 0.717) is 18.1 Å². The van der Waals surface area contributed by atoms with Gasteiger partial charge in [0.15, 0.2) is 0 Å². The molecule has 3 aromatic rings. The van der Waals surface area contributed by atoms with Crippen molar-refractivity contribution in [1.82, 2.24) is 15.1 Å². The van der Waals surface area contributed by atoms with Crippen LogP contribution in [-0.2, 0) is 0 Å². The third kappa shape index (κ3) is 4.47. The van der Waals surface area contributed by atoms with Crippen molar-refractivity contribution < 1.29 is 13.9 Å². The summed E-state index contributed by atoms with van der Waals surface area (Å²) in [6.07, 6.45) is 0. The average molecular weight is 372 g/mol. The number of carbonyl (C=O) groups is 1. The highest BCUT2D eigenvalue weighted by molar-refractivity contribution is 7.13. The third-order valence-electron chi connectivity index (χ3n) is 3.63. The van der Waals surface area contributed by atoms with E-state index in [1.807, 2.05) is 49.5 Å². The summed E-state index contributed by atoms with van der Waals surface area (Å²) >= 11 is 1.49. The highest BCUT2D eigenvalue weighted by Gasteiger charge is 2.15. The van der Waals surface area contributed by atoms with Crippen molar-refractivity contribution in [3.63, 3.8) is 0 Å². The number of likely N-dealkylation sites (N-methyl/N-ethyl adjacent to an activating group) is 1. The fraction of sp³-hybridized carbons (Fsp3) is 0.278. The van der Waals surface area contributed by atoms with E-state index >= 15 is 0 Å². The average Bonchev–Trinajstić information content (AvgIpc) is 3.25. The minimum absolute atomic E-state index is 0.0732. The Morgan fingerprint density at radius 3 is 2.85 bits per heavy atom. The van der Waals surface area contributed by atoms with Crippen molar-refractivity contribution in [3.8, 4) is 16.5 Å². The van der Waals surface area contributed by atoms with Gasteiger partial charge < -0.3 is 14.1 Å². The molecule has 0 aliphatic heterocycles. The number of amides is 1. The topological polar surface area (TPSA) is 80.5 Å². The summed E-state index contributed by atoms with van der Waals surface area (Å²) in [6.45, 7) is 3.27. The van der Waals surface area contributed by atoms with Gasteiger partial charge in [0, 0.05) is 12.1 Å². The third-order valence-corrected chi connectivity index (χ3v) is 4.49. The van der Waals surface area contributed by atoms with E-state index < -0.39 is 0 Å². The van der Waals surface area contributed by atoms with Gasteiger partial charge >= 0.3 is 6.01 Å². The number of aromatic nitrogens is 2. The quantitative estimate of drug-likeness (QED) is 0.685. The number of nitrogens with zero attached hydrogens (tertiary/aromatic N) is 3. The second kappa shape index (κ2) is 8.11. The van der Waals surface area contributed by atoms with E-state index in [-0.39, 0.29) is 11.9 Å². The van der Waals surface area contributed by atoms with Crippen LogP contribution in [0.25, 0.3) is 10.8 Å². The van der Waals surface area contributed by atoms with Crippen molar-refractivity contribution in [2.75, 3.05) is 32.6 Å². The van der Waals surface area contributed by atoms with Crippen LogP contribution in [0.4, 0.5) is 6.01 Å². The van der Waals surface area contributed by atoms with Gasteiger partial charge in [0.2, 0.25) is 0 Å². The summed E-state index contributed by atoms with van der Waals surface area (Å²) in [4.78, 5) is 15.4. The van der Waals surface area contributed by atoms with E-state index in [0.717, 1.165) is 22.7 Å². The number of rotatable bonds is 7. The number of benzene rings is 1. The Morgan fingerprint density at radius 1 is 1.31 bits per heavy atom. The smallest absolute Gasteiger partial charge is 0.322 e. The van der Waals surface area contributed by atoms with Crippen LogP contribution in [0.1, 0.15) is 15.9 Å². The maximum absolute atomic E-state index is 12.5. The minimum atomic E-state index is -0.302. The standard InChI is InChI=1S/C18H20N4O3S/c1-12-11-13(24-9-8-22(2)3)6-7-14(12)16(23)19-18-21-20-17(25-18)15-5-4-10-26-15/h4-7,10-11H,8-9H2,1-3H3,(H,19,21,23). The number of thiophene rings is 1. The SMILES string of the molecule is Cc1cc(OCCN(C)C)ccc1C(=O)Nc1nnc(-c2cccs2)o1. The van der Waals surface area contributed by atoms with Crippen LogP contribution < -0.4 is 10.1 Å². The molecule has 1 N–H and O–H groups in total. The predicted molar refractivity (Wildman–Crippen MR) is 101 cm³/mol. The van der Waals surface area contributed by atoms with Gasteiger partial charge in [0.05, 0.1) is 4.88 Å². The first kappa shape index (κ1) is 18.1. The molecule has 26 heavy (non-hydrogen) atoms. The molecule has 0 spiro atoms. The number of hydrogen-bond donors (Lipinski definition) is 1. The molecular weight excluding hydrogens is 352 g/mol. The molecule has 0 atom stereocenters. The van der Waals surface area contributed by atoms with E-state index in [9.17, 15) is 4.79 Å². The lowest BCUT2D eigenvalue weighted by atomic mass is 10.1. The van der Waals surface area contributed by atoms with Gasteiger partial charge in [-0.2, -0.15) is 0 Å². The Kier molecular flexibility index (Phi) is 5.65. The highest BCUT2D eigenvalue weighted by atomic mass is 32.1. The molecule has 0 saturated heterocycles. The first-order chi connectivity index (χ1) is 12.5. The lowest BCUT2D eigenvalue weighted by Crippen LogP contribution is -2.19. The molecule has 0 radical (unpaired) electrons. The van der Waals surface area contributed by atoms with Crippen molar-refractivity contribution >= 4 is 23.3 Å². The first-order valence-corrected chi connectivity index (χ1v) is 8.98. The molecule has 3 rings (SSSR count). The molecule has 0 saturated carbocycles. The molecule has 1 amide bonds. The normalized spacial score (nSPS) is 10.9. The fourth-order valence-corrected chi connectivity index (χ4v) is 2.91. The zero-order valence-electron chi connectivity index (χ0n) is 14.9. The number of ether oxygens (including phenoxy) is 1. The van der Waals surface area contributed by atoms with Crippen LogP contribution in [0.5, 0.6) is 5.75 Å². The first-order valence-electron chi connectivity index (χ1n) is 8.10. The lowest BCUT2D eigenvalue weighted by Gasteiger charge is -2.12. The predicted octanol–water partition coefficient (Wildman–Crippen LogP) is 3.30. The van der Waals surface area contributed by atoms with Gasteiger partial charge in [-0.05, 0) is 56.2 Å². The highest BCUT2D eigenvalue weighted by Crippen LogP contribution is 2.25. The fourth-order valence-electron chi connectivity index (χ4n) is 2.26. The van der Waals surface area contributed by atoms with E-state index in [1.54, 1.807) is 12.1 Å². The monoisotopic (exact) mass is 372 g/mol. The minimum Gasteiger partial charge on any atom is -0.492 e. The van der Waals surface area contributed by atoms with Gasteiger partial charge in [0.25, 0.3) is 11.8 Å². The molecule has 0 unspecified atom stereocenters. The zero-order chi connectivity index (χ0) is 18.5. The second-order valence-electron chi connectivity index (χ2n) is 5.97. The number of hydrogen-bond acceptors (Lipinski definition) is 7. The van der Waals surface area contributed by atoms with Crippen LogP contribution in [0, 0.1) is 6.92 Å². The summed E-state index contributed by atoms with van der Waals surface area (Å²) in [5.41, 5.74) is 1.34. The number of aryl methyl sites for hydroxylation is 1. The summed E-state index contributed by atoms with van der Waals surface area (Å²) in [7, 11) is 3.98. The molecule has 8 heteroatoms. The molecule has 1 aromatic carbocycles. The van der Waals surface area contributed by atoms with Gasteiger partial charge in [-0.1, -0.05) is 11.2 Å². The maximum Gasteiger partial charge on any atom is 0.322 e. The Morgan fingerprint density at radius 2 is 2.15 bits per heavy atom. The number of carbonyl (C=O) groups excluding carboxylic acids is 1. The summed E-state index contributed by atoms with van der Waals surface area (Å²) in [5.74, 6) is 0.819. The van der Waals surface area contributed by atoms with Crippen molar-refractivity contribution in [1.29, 1.82) is 0 Å². The molecule has 2 aromatic heterocycles. The van der Waals surface area contributed by atoms with Crippen LogP contribution in [-0.4, -0.2) is 48.3 Å². The van der Waals surface area contributed by atoms with Gasteiger partial charge in [-0.3, -0.25) is 10.1 Å². The number of anilines is 1. The molecule has 0 bridgehead atoms. The Labute approximate surface area is 155 Å². The molecule has 7 nitrogen and oxygen atoms in total. The maximum atomic E-state index is 12.5. The van der Waals surface area contributed by atoms with Crippen LogP contribution in [0.15, 0.2) is 40.1 Å². The zero-order valence-corrected chi connectivity index (χ0v) is 15.7. The molecule has 136 valence electrons. The van der Waals surface area contributed by atoms with Crippen molar-refractivity contribution in [3.05, 3.63) is 46.8 Å². The van der Waals surface area contributed by atoms with Gasteiger partial charge in [-0.15, -0.1) is 16.4 Å². The van der Waals surface area contributed by atoms with E-state index in [1.165, 1.54) is 11.3 Å². The van der Waals surface area contributed by atoms with Crippen LogP contribution in [0.2, 0.25) is 0 Å². The molecule has 2 heterocycles. The van der Waals surface area contributed by atoms with Crippen LogP contribution in [0.3, 0.4) is 0 Å². The summed E-state index contributed by atoms with van der Waals surface area (Å²) in [6, 6.07) is 9.20. The largest absolute Gasteiger partial charge is 0.492 e. The second-order valence-corrected chi connectivity index (χ2v) is 6.92. The Bertz CT molecular complexity index is 874. The summed E-state index contributed by atoms with van der Waals surface area (Å²) in [5, 5.41) is 12.4. The van der Waals surface area contributed by atoms with Gasteiger partial charge in [0.1, 0.15) is 12.4 Å². The van der Waals surface area contributed by atoms with Crippen molar-refractivity contribution in [2.24, 2.45) is 0 Å². The molecule has 0 aliphatic rings. The number of nitrogens with one attached hydrogen (secondary N) is 1. The molecular formula is C18H20N4O3S. The van der Waals surface area contributed by atoms with Crippen LogP contribution >= 0.6 is 11.3 Å². The van der Waals surface area contributed by atoms with Gasteiger partial charge in [-0.25, -0.2) is 0 Å².